The van der Waals surface area contributed by atoms with E-state index in [-0.39, 0.29) is 31.9 Å². The van der Waals surface area contributed by atoms with Crippen LogP contribution in [0, 0.1) is 0 Å². The zero-order chi connectivity index (χ0) is 19.5. The average molecular weight is 362 g/mol. The second-order valence-corrected chi connectivity index (χ2v) is 4.93. The first-order valence-corrected chi connectivity index (χ1v) is 7.99. The van der Waals surface area contributed by atoms with Crippen molar-refractivity contribution in [3.8, 4) is 0 Å². The smallest absolute Gasteiger partial charge is 0.330 e. The Morgan fingerprint density at radius 2 is 1.76 bits per heavy atom. The summed E-state index contributed by atoms with van der Waals surface area (Å²) in [5.74, 6) is -1.26. The molecule has 146 valence electrons. The molecule has 1 fully saturated rings. The third-order valence-corrected chi connectivity index (χ3v) is 2.94. The van der Waals surface area contributed by atoms with Gasteiger partial charge in [-0.1, -0.05) is 19.6 Å². The van der Waals surface area contributed by atoms with Gasteiger partial charge in [0.25, 0.3) is 0 Å². The number of methoxy groups -OCH3 is 1. The van der Waals surface area contributed by atoms with Crippen molar-refractivity contribution in [2.75, 3.05) is 26.9 Å². The van der Waals surface area contributed by atoms with Crippen LogP contribution in [-0.4, -0.2) is 66.6 Å². The lowest BCUT2D eigenvalue weighted by molar-refractivity contribution is -0.144. The molecule has 0 aromatic rings. The second kappa shape index (κ2) is 18.6. The minimum absolute atomic E-state index is 0.0313. The number of esters is 1. The molecule has 0 aromatic heterocycles. The van der Waals surface area contributed by atoms with Gasteiger partial charge in [-0.05, 0) is 25.7 Å². The van der Waals surface area contributed by atoms with Crippen molar-refractivity contribution in [1.29, 1.82) is 0 Å². The quantitative estimate of drug-likeness (QED) is 0.255. The number of rotatable bonds is 8. The fourth-order valence-electron chi connectivity index (χ4n) is 1.71. The summed E-state index contributed by atoms with van der Waals surface area (Å²) in [7, 11) is 1.38. The number of carbonyl (C=O) groups is 2. The van der Waals surface area contributed by atoms with Gasteiger partial charge < -0.3 is 29.5 Å². The van der Waals surface area contributed by atoms with Gasteiger partial charge in [-0.3, -0.25) is 0 Å². The molecule has 0 heterocycles. The van der Waals surface area contributed by atoms with E-state index in [0.29, 0.717) is 0 Å². The fourth-order valence-corrected chi connectivity index (χ4v) is 1.71. The second-order valence-electron chi connectivity index (χ2n) is 4.93. The van der Waals surface area contributed by atoms with Crippen LogP contribution in [0.4, 0.5) is 0 Å². The molecule has 0 radical (unpaired) electrons. The number of carboxylic acid groups (broad SMARTS) is 1. The summed E-state index contributed by atoms with van der Waals surface area (Å²) < 4.78 is 14.2. The van der Waals surface area contributed by atoms with Crippen LogP contribution in [0.5, 0.6) is 0 Å². The molecule has 0 aromatic carbocycles. The van der Waals surface area contributed by atoms with Gasteiger partial charge in [-0.25, -0.2) is 9.59 Å². The molecule has 1 aliphatic carbocycles. The van der Waals surface area contributed by atoms with Crippen molar-refractivity contribution in [1.82, 2.24) is 0 Å². The minimum Gasteiger partial charge on any atom is -0.478 e. The van der Waals surface area contributed by atoms with Gasteiger partial charge in [0.05, 0.1) is 19.8 Å². The molecule has 1 saturated carbocycles. The summed E-state index contributed by atoms with van der Waals surface area (Å²) in [6.45, 7) is 6.63. The maximum absolute atomic E-state index is 10.7. The van der Waals surface area contributed by atoms with E-state index in [4.69, 9.17) is 24.8 Å². The number of aliphatic hydroxyl groups excluding tert-OH is 2. The number of aliphatic carboxylic acids is 1. The molecular formula is C17H30O8. The zero-order valence-electron chi connectivity index (χ0n) is 14.8. The number of carbonyl (C=O) groups excluding carboxylic acids is 1. The largest absolute Gasteiger partial charge is 0.478 e. The van der Waals surface area contributed by atoms with E-state index in [2.05, 4.69) is 17.9 Å². The molecule has 1 unspecified atom stereocenters. The lowest BCUT2D eigenvalue weighted by Gasteiger charge is -2.20. The number of aliphatic hydroxyl groups is 2. The van der Waals surface area contributed by atoms with E-state index in [1.165, 1.54) is 32.4 Å². The van der Waals surface area contributed by atoms with Gasteiger partial charge >= 0.3 is 11.9 Å². The van der Waals surface area contributed by atoms with Crippen molar-refractivity contribution >= 4 is 11.9 Å². The highest BCUT2D eigenvalue weighted by atomic mass is 16.6. The van der Waals surface area contributed by atoms with Crippen molar-refractivity contribution < 1.29 is 39.1 Å². The highest BCUT2D eigenvalue weighted by molar-refractivity contribution is 5.81. The van der Waals surface area contributed by atoms with Crippen molar-refractivity contribution in [3.63, 3.8) is 0 Å². The predicted octanol–water partition coefficient (Wildman–Crippen LogP) is 1.27. The monoisotopic (exact) mass is 362 g/mol. The molecule has 3 N–H and O–H groups in total. The molecule has 0 amide bonds. The van der Waals surface area contributed by atoms with E-state index in [0.717, 1.165) is 18.9 Å². The lowest BCUT2D eigenvalue weighted by atomic mass is 9.98. The van der Waals surface area contributed by atoms with E-state index in [9.17, 15) is 9.59 Å². The summed E-state index contributed by atoms with van der Waals surface area (Å²) in [6.07, 6.45) is 7.06. The molecule has 0 aliphatic heterocycles. The standard InChI is InChI=1S/C9H14O2.C5H12O4.C3H4O2/c1-2-9(10)11-8-6-4-3-5-7-8;1-8-5(7)4-9-3-2-6;1-2-3(4)5/h2,8H,1,3-7H2;5-7H,2-4H2,1H3;2H,1H2,(H,4,5). The van der Waals surface area contributed by atoms with Gasteiger partial charge in [-0.15, -0.1) is 0 Å². The fraction of sp³-hybridized carbons (Fsp3) is 0.647. The number of hydrogen-bond acceptors (Lipinski definition) is 7. The van der Waals surface area contributed by atoms with Gasteiger partial charge in [0.1, 0.15) is 6.10 Å². The Kier molecular flexibility index (Phi) is 19.0. The molecule has 0 saturated heterocycles. The Morgan fingerprint density at radius 3 is 2.16 bits per heavy atom. The summed E-state index contributed by atoms with van der Waals surface area (Å²) in [5, 5.41) is 24.5. The van der Waals surface area contributed by atoms with Crippen molar-refractivity contribution in [2.45, 2.75) is 44.5 Å². The van der Waals surface area contributed by atoms with Crippen molar-refractivity contribution in [2.24, 2.45) is 0 Å². The first kappa shape index (κ1) is 25.5. The number of carboxylic acids is 1. The van der Waals surface area contributed by atoms with Gasteiger partial charge in [-0.2, -0.15) is 0 Å². The molecule has 1 atom stereocenters. The van der Waals surface area contributed by atoms with Crippen LogP contribution in [-0.2, 0) is 23.8 Å². The van der Waals surface area contributed by atoms with E-state index >= 15 is 0 Å². The van der Waals surface area contributed by atoms with Crippen LogP contribution in [0.25, 0.3) is 0 Å². The SMILES string of the molecule is C=CC(=O)O.C=CC(=O)OC1CCCCC1.COC(O)COCCO. The summed E-state index contributed by atoms with van der Waals surface area (Å²) >= 11 is 0. The maximum atomic E-state index is 10.7. The Hall–Kier alpha value is -1.74. The normalized spacial score (nSPS) is 14.7. The Morgan fingerprint density at radius 1 is 1.20 bits per heavy atom. The highest BCUT2D eigenvalue weighted by Gasteiger charge is 2.15. The lowest BCUT2D eigenvalue weighted by Crippen LogP contribution is -2.19. The molecule has 25 heavy (non-hydrogen) atoms. The molecule has 1 rings (SSSR count). The van der Waals surface area contributed by atoms with Crippen LogP contribution in [0.15, 0.2) is 25.3 Å². The van der Waals surface area contributed by atoms with Gasteiger partial charge in [0.2, 0.25) is 0 Å². The molecule has 0 bridgehead atoms. The number of ether oxygens (including phenoxy) is 3. The van der Waals surface area contributed by atoms with E-state index in [1.54, 1.807) is 0 Å². The van der Waals surface area contributed by atoms with Gasteiger partial charge in [0, 0.05) is 19.3 Å². The number of hydrogen-bond donors (Lipinski definition) is 3. The predicted molar refractivity (Wildman–Crippen MR) is 91.9 cm³/mol. The van der Waals surface area contributed by atoms with Crippen LogP contribution >= 0.6 is 0 Å². The van der Waals surface area contributed by atoms with Gasteiger partial charge in [0.15, 0.2) is 6.29 Å². The third-order valence-electron chi connectivity index (χ3n) is 2.94. The molecule has 8 heteroatoms. The molecular weight excluding hydrogens is 332 g/mol. The molecule has 1 aliphatic rings. The third kappa shape index (κ3) is 20.2. The molecule has 0 spiro atoms. The molecule has 8 nitrogen and oxygen atoms in total. The van der Waals surface area contributed by atoms with E-state index < -0.39 is 12.3 Å². The first-order chi connectivity index (χ1) is 11.9. The van der Waals surface area contributed by atoms with Crippen LogP contribution in [0.2, 0.25) is 0 Å². The first-order valence-electron chi connectivity index (χ1n) is 7.99. The van der Waals surface area contributed by atoms with Crippen molar-refractivity contribution in [3.05, 3.63) is 25.3 Å². The maximum Gasteiger partial charge on any atom is 0.330 e. The Labute approximate surface area is 148 Å². The minimum atomic E-state index is -0.981. The van der Waals surface area contributed by atoms with Crippen LogP contribution in [0.3, 0.4) is 0 Å². The van der Waals surface area contributed by atoms with Crippen LogP contribution in [0.1, 0.15) is 32.1 Å². The average Bonchev–Trinajstić information content (AvgIpc) is 2.63. The summed E-state index contributed by atoms with van der Waals surface area (Å²) in [4.78, 5) is 20.0. The van der Waals surface area contributed by atoms with Crippen LogP contribution < -0.4 is 0 Å². The summed E-state index contributed by atoms with van der Waals surface area (Å²) in [6, 6.07) is 0. The zero-order valence-corrected chi connectivity index (χ0v) is 14.8. The topological polar surface area (TPSA) is 123 Å². The van der Waals surface area contributed by atoms with E-state index in [1.807, 2.05) is 0 Å². The highest BCUT2D eigenvalue weighted by Crippen LogP contribution is 2.20. The Balaban J connectivity index is 0. The Bertz CT molecular complexity index is 364. The summed E-state index contributed by atoms with van der Waals surface area (Å²) in [5.41, 5.74) is 0.